The summed E-state index contributed by atoms with van der Waals surface area (Å²) >= 11 is 0. The molecular weight excluding hydrogens is 350 g/mol. The molecule has 2 aromatic heterocycles. The van der Waals surface area contributed by atoms with Crippen molar-refractivity contribution in [1.82, 2.24) is 19.1 Å². The lowest BCUT2D eigenvalue weighted by molar-refractivity contribution is 0.0762. The minimum atomic E-state index is 0.154. The zero-order chi connectivity index (χ0) is 19.7. The number of rotatable bonds is 3. The third-order valence-electron chi connectivity index (χ3n) is 6.25. The zero-order valence-electron chi connectivity index (χ0n) is 17.5. The minimum Gasteiger partial charge on any atom is -0.355 e. The van der Waals surface area contributed by atoms with E-state index in [0.717, 1.165) is 69.9 Å². The smallest absolute Gasteiger partial charge is 0.255 e. The molecule has 2 aliphatic rings. The van der Waals surface area contributed by atoms with Crippen molar-refractivity contribution in [3.05, 3.63) is 36.0 Å². The van der Waals surface area contributed by atoms with Crippen molar-refractivity contribution in [3.8, 4) is 0 Å². The highest BCUT2D eigenvalue weighted by molar-refractivity contribution is 5.94. The van der Waals surface area contributed by atoms with Gasteiger partial charge in [0.2, 0.25) is 0 Å². The van der Waals surface area contributed by atoms with Crippen LogP contribution in [0.2, 0.25) is 0 Å². The van der Waals surface area contributed by atoms with Gasteiger partial charge in [-0.05, 0) is 58.1 Å². The zero-order valence-corrected chi connectivity index (χ0v) is 17.5. The maximum absolute atomic E-state index is 13.1. The minimum absolute atomic E-state index is 0.154. The molecule has 28 heavy (non-hydrogen) atoms. The molecule has 0 saturated carbocycles. The molecular formula is C22H33N5O. The molecule has 4 rings (SSSR count). The first-order valence-corrected chi connectivity index (χ1v) is 10.6. The Bertz CT molecular complexity index is 821. The maximum Gasteiger partial charge on any atom is 0.255 e. The summed E-state index contributed by atoms with van der Waals surface area (Å²) in [4.78, 5) is 22.4. The monoisotopic (exact) mass is 383 g/mol. The van der Waals surface area contributed by atoms with Crippen molar-refractivity contribution in [1.29, 1.82) is 0 Å². The van der Waals surface area contributed by atoms with E-state index in [4.69, 9.17) is 0 Å². The lowest BCUT2D eigenvalue weighted by atomic mass is 10.2. The molecule has 2 aromatic rings. The number of hydrogen-bond donors (Lipinski definition) is 0. The van der Waals surface area contributed by atoms with Crippen molar-refractivity contribution in [3.63, 3.8) is 0 Å². The molecule has 0 atom stereocenters. The van der Waals surface area contributed by atoms with Gasteiger partial charge in [0.05, 0.1) is 5.56 Å². The Labute approximate surface area is 168 Å². The number of aromatic nitrogens is 1. The molecule has 6 nitrogen and oxygen atoms in total. The van der Waals surface area contributed by atoms with E-state index in [1.807, 2.05) is 17.2 Å². The SMILES string of the molecule is CC(C)N1CCN(c2ccc3ccc(C(=O)N4CCCN(C)CC4)cn23)CC1. The lowest BCUT2D eigenvalue weighted by Crippen LogP contribution is -2.49. The van der Waals surface area contributed by atoms with Crippen LogP contribution in [0.1, 0.15) is 30.6 Å². The third-order valence-corrected chi connectivity index (χ3v) is 6.25. The van der Waals surface area contributed by atoms with Gasteiger partial charge in [0.25, 0.3) is 5.91 Å². The maximum atomic E-state index is 13.1. The van der Waals surface area contributed by atoms with Gasteiger partial charge in [0, 0.05) is 63.6 Å². The summed E-state index contributed by atoms with van der Waals surface area (Å²) < 4.78 is 2.20. The summed E-state index contributed by atoms with van der Waals surface area (Å²) in [7, 11) is 2.13. The number of fused-ring (bicyclic) bond motifs is 1. The van der Waals surface area contributed by atoms with Crippen LogP contribution >= 0.6 is 0 Å². The van der Waals surface area contributed by atoms with Gasteiger partial charge < -0.3 is 19.1 Å². The molecule has 2 fully saturated rings. The van der Waals surface area contributed by atoms with Gasteiger partial charge in [0.15, 0.2) is 0 Å². The molecule has 0 aliphatic carbocycles. The lowest BCUT2D eigenvalue weighted by Gasteiger charge is -2.37. The van der Waals surface area contributed by atoms with Crippen LogP contribution in [0.3, 0.4) is 0 Å². The molecule has 2 aliphatic heterocycles. The number of amides is 1. The molecule has 0 radical (unpaired) electrons. The Morgan fingerprint density at radius 2 is 1.64 bits per heavy atom. The molecule has 0 spiro atoms. The van der Waals surface area contributed by atoms with Gasteiger partial charge in [-0.2, -0.15) is 0 Å². The number of carbonyl (C=O) groups is 1. The predicted octanol–water partition coefficient (Wildman–Crippen LogP) is 2.25. The summed E-state index contributed by atoms with van der Waals surface area (Å²) in [5.74, 6) is 1.35. The van der Waals surface area contributed by atoms with E-state index in [1.54, 1.807) is 0 Å². The average molecular weight is 384 g/mol. The fourth-order valence-corrected chi connectivity index (χ4v) is 4.37. The van der Waals surface area contributed by atoms with E-state index in [-0.39, 0.29) is 5.91 Å². The Morgan fingerprint density at radius 3 is 2.39 bits per heavy atom. The van der Waals surface area contributed by atoms with Gasteiger partial charge in [-0.15, -0.1) is 0 Å². The number of anilines is 1. The van der Waals surface area contributed by atoms with E-state index in [0.29, 0.717) is 6.04 Å². The highest BCUT2D eigenvalue weighted by Gasteiger charge is 2.22. The predicted molar refractivity (Wildman–Crippen MR) is 114 cm³/mol. The summed E-state index contributed by atoms with van der Waals surface area (Å²) in [6, 6.07) is 9.00. The molecule has 4 heterocycles. The summed E-state index contributed by atoms with van der Waals surface area (Å²) in [6.45, 7) is 12.4. The van der Waals surface area contributed by atoms with Crippen LogP contribution in [0.5, 0.6) is 0 Å². The molecule has 2 saturated heterocycles. The molecule has 0 aromatic carbocycles. The summed E-state index contributed by atoms with van der Waals surface area (Å²) in [5.41, 5.74) is 1.93. The van der Waals surface area contributed by atoms with Crippen LogP contribution in [0, 0.1) is 0 Å². The van der Waals surface area contributed by atoms with E-state index < -0.39 is 0 Å². The molecule has 0 N–H and O–H groups in total. The number of carbonyl (C=O) groups excluding carboxylic acids is 1. The first-order chi connectivity index (χ1) is 13.5. The largest absolute Gasteiger partial charge is 0.355 e. The topological polar surface area (TPSA) is 34.4 Å². The van der Waals surface area contributed by atoms with Crippen LogP contribution in [0.15, 0.2) is 30.5 Å². The Kier molecular flexibility index (Phi) is 5.60. The standard InChI is InChI=1S/C22H33N5O/c1-18(2)24-13-15-25(16-14-24)21-8-7-20-6-5-19(17-27(20)21)22(28)26-10-4-9-23(3)11-12-26/h5-8,17-18H,4,9-16H2,1-3H3. The van der Waals surface area contributed by atoms with Gasteiger partial charge in [-0.25, -0.2) is 0 Å². The van der Waals surface area contributed by atoms with E-state index in [1.165, 1.54) is 5.82 Å². The summed E-state index contributed by atoms with van der Waals surface area (Å²) in [6.07, 6.45) is 3.08. The highest BCUT2D eigenvalue weighted by atomic mass is 16.2. The number of hydrogen-bond acceptors (Lipinski definition) is 4. The van der Waals surface area contributed by atoms with E-state index in [9.17, 15) is 4.79 Å². The second-order valence-corrected chi connectivity index (χ2v) is 8.47. The van der Waals surface area contributed by atoms with Crippen LogP contribution in [0.25, 0.3) is 5.52 Å². The van der Waals surface area contributed by atoms with Crippen molar-refractivity contribution < 1.29 is 4.79 Å². The number of likely N-dealkylation sites (N-methyl/N-ethyl adjacent to an activating group) is 1. The first-order valence-electron chi connectivity index (χ1n) is 10.6. The van der Waals surface area contributed by atoms with Gasteiger partial charge in [-0.3, -0.25) is 9.69 Å². The molecule has 6 heteroatoms. The Morgan fingerprint density at radius 1 is 0.893 bits per heavy atom. The fourth-order valence-electron chi connectivity index (χ4n) is 4.37. The van der Waals surface area contributed by atoms with Crippen molar-refractivity contribution in [2.75, 3.05) is 64.3 Å². The number of piperazine rings is 1. The molecule has 0 bridgehead atoms. The summed E-state index contributed by atoms with van der Waals surface area (Å²) in [5, 5.41) is 0. The molecule has 1 amide bonds. The first kappa shape index (κ1) is 19.3. The second-order valence-electron chi connectivity index (χ2n) is 8.47. The van der Waals surface area contributed by atoms with Gasteiger partial charge >= 0.3 is 0 Å². The number of nitrogens with zero attached hydrogens (tertiary/aromatic N) is 5. The second kappa shape index (κ2) is 8.13. The number of pyridine rings is 1. The Balaban J connectivity index is 1.54. The molecule has 152 valence electrons. The fraction of sp³-hybridized carbons (Fsp3) is 0.591. The van der Waals surface area contributed by atoms with E-state index >= 15 is 0 Å². The van der Waals surface area contributed by atoms with Gasteiger partial charge in [0.1, 0.15) is 5.82 Å². The van der Waals surface area contributed by atoms with Crippen LogP contribution in [0.4, 0.5) is 5.82 Å². The van der Waals surface area contributed by atoms with Crippen LogP contribution < -0.4 is 4.90 Å². The van der Waals surface area contributed by atoms with Crippen LogP contribution in [-0.4, -0.2) is 90.5 Å². The molecule has 0 unspecified atom stereocenters. The third kappa shape index (κ3) is 3.89. The van der Waals surface area contributed by atoms with E-state index in [2.05, 4.69) is 58.2 Å². The normalized spacial score (nSPS) is 20.1. The van der Waals surface area contributed by atoms with Crippen molar-refractivity contribution in [2.45, 2.75) is 26.3 Å². The Hall–Kier alpha value is -2.05. The van der Waals surface area contributed by atoms with Crippen molar-refractivity contribution in [2.24, 2.45) is 0 Å². The van der Waals surface area contributed by atoms with Crippen molar-refractivity contribution >= 4 is 17.2 Å². The average Bonchev–Trinajstić information content (AvgIpc) is 3.01. The van der Waals surface area contributed by atoms with Crippen LogP contribution in [-0.2, 0) is 0 Å². The highest BCUT2D eigenvalue weighted by Crippen LogP contribution is 2.23. The quantitative estimate of drug-likeness (QED) is 0.814. The van der Waals surface area contributed by atoms with Gasteiger partial charge in [-0.1, -0.05) is 0 Å².